The van der Waals surface area contributed by atoms with Crippen molar-refractivity contribution in [3.63, 3.8) is 0 Å². The third-order valence-corrected chi connectivity index (χ3v) is 1.30. The average Bonchev–Trinajstić information content (AvgIpc) is 1.87. The molecular formula is C4H4N2S. The van der Waals surface area contributed by atoms with Gasteiger partial charge in [0.25, 0.3) is 0 Å². The van der Waals surface area contributed by atoms with E-state index in [0.717, 1.165) is 17.2 Å². The highest BCUT2D eigenvalue weighted by Gasteiger charge is 1.89. The maximum Gasteiger partial charge on any atom is 0.159 e. The average molecular weight is 112 g/mol. The molecule has 0 saturated carbocycles. The molecule has 0 bridgehead atoms. The Balaban J connectivity index is 3.04. The fourth-order valence-electron chi connectivity index (χ4n) is 0.350. The van der Waals surface area contributed by atoms with Crippen molar-refractivity contribution in [1.82, 2.24) is 10.1 Å². The highest BCUT2D eigenvalue weighted by Crippen LogP contribution is 2.10. The molecule has 0 aromatic carbocycles. The number of aryl methyl sites for hydroxylation is 1. The summed E-state index contributed by atoms with van der Waals surface area (Å²) in [7, 11) is 0. The molecule has 0 fully saturated rings. The molecule has 0 atom stereocenters. The van der Waals surface area contributed by atoms with Crippen molar-refractivity contribution in [1.29, 1.82) is 0 Å². The van der Waals surface area contributed by atoms with Crippen molar-refractivity contribution in [2.45, 2.75) is 6.92 Å². The van der Waals surface area contributed by atoms with Crippen LogP contribution in [0.3, 0.4) is 0 Å². The molecule has 0 aliphatic carbocycles. The first kappa shape index (κ1) is 4.59. The summed E-state index contributed by atoms with van der Waals surface area (Å²) in [4.78, 5) is 0. The van der Waals surface area contributed by atoms with Gasteiger partial charge in [0.05, 0.1) is 5.69 Å². The zero-order valence-corrected chi connectivity index (χ0v) is 4.70. The summed E-state index contributed by atoms with van der Waals surface area (Å²) in [5.41, 5.74) is 9.49. The van der Waals surface area contributed by atoms with E-state index in [4.69, 9.17) is 5.73 Å². The lowest BCUT2D eigenvalue weighted by Gasteiger charge is -1.65. The summed E-state index contributed by atoms with van der Waals surface area (Å²) in [6.45, 7) is 1.84. The number of nitrogens with zero attached hydrogens (tertiary/aromatic N) is 2. The third-order valence-electron chi connectivity index (χ3n) is 0.616. The topological polar surface area (TPSA) is 35.2 Å². The molecule has 0 N–H and O–H groups in total. The molecule has 1 heterocycles. The predicted octanol–water partition coefficient (Wildman–Crippen LogP) is 1.15. The third kappa shape index (κ3) is 0.899. The fourth-order valence-corrected chi connectivity index (χ4v) is 0.864. The fraction of sp³-hybridized carbons (Fsp3) is 0.250. The SMILES string of the molecule is Cc1cc([N])sn1. The Morgan fingerprint density at radius 3 is 2.71 bits per heavy atom. The van der Waals surface area contributed by atoms with Crippen LogP contribution in [0.5, 0.6) is 0 Å². The van der Waals surface area contributed by atoms with Crippen molar-refractivity contribution in [3.05, 3.63) is 11.8 Å². The molecule has 0 unspecified atom stereocenters. The molecule has 2 radical (unpaired) electrons. The number of aromatic nitrogens is 1. The largest absolute Gasteiger partial charge is 0.196 e. The van der Waals surface area contributed by atoms with Crippen molar-refractivity contribution in [2.24, 2.45) is 0 Å². The van der Waals surface area contributed by atoms with Crippen LogP contribution in [0.25, 0.3) is 0 Å². The minimum Gasteiger partial charge on any atom is -0.196 e. The lowest BCUT2D eigenvalue weighted by molar-refractivity contribution is 1.34. The van der Waals surface area contributed by atoms with Crippen LogP contribution in [0.4, 0.5) is 5.00 Å². The van der Waals surface area contributed by atoms with Gasteiger partial charge in [0, 0.05) is 0 Å². The van der Waals surface area contributed by atoms with Crippen LogP contribution >= 0.6 is 11.5 Å². The van der Waals surface area contributed by atoms with Gasteiger partial charge in [-0.15, -0.1) is 5.73 Å². The van der Waals surface area contributed by atoms with Gasteiger partial charge in [-0.2, -0.15) is 4.37 Å². The zero-order chi connectivity index (χ0) is 5.28. The smallest absolute Gasteiger partial charge is 0.159 e. The van der Waals surface area contributed by atoms with E-state index in [-0.39, 0.29) is 5.00 Å². The molecular weight excluding hydrogens is 108 g/mol. The van der Waals surface area contributed by atoms with E-state index in [1.54, 1.807) is 6.07 Å². The van der Waals surface area contributed by atoms with Gasteiger partial charge in [-0.3, -0.25) is 0 Å². The van der Waals surface area contributed by atoms with E-state index < -0.39 is 0 Å². The molecule has 0 aliphatic rings. The number of rotatable bonds is 0. The van der Waals surface area contributed by atoms with Crippen LogP contribution in [0.15, 0.2) is 6.07 Å². The minimum atomic E-state index is 0.289. The highest BCUT2D eigenvalue weighted by molar-refractivity contribution is 7.09. The summed E-state index contributed by atoms with van der Waals surface area (Å²) in [6, 6.07) is 1.63. The quantitative estimate of drug-likeness (QED) is 0.495. The second kappa shape index (κ2) is 1.50. The second-order valence-corrected chi connectivity index (χ2v) is 2.09. The normalized spacial score (nSPS) is 9.29. The Morgan fingerprint density at radius 1 is 1.86 bits per heavy atom. The molecule has 3 heteroatoms. The summed E-state index contributed by atoms with van der Waals surface area (Å²) in [6.07, 6.45) is 0. The van der Waals surface area contributed by atoms with Crippen LogP contribution in [0, 0.1) is 6.92 Å². The number of hydrogen-bond donors (Lipinski definition) is 0. The lowest BCUT2D eigenvalue weighted by Crippen LogP contribution is -1.58. The van der Waals surface area contributed by atoms with Gasteiger partial charge < -0.3 is 0 Å². The molecule has 1 aromatic heterocycles. The van der Waals surface area contributed by atoms with E-state index in [9.17, 15) is 0 Å². The van der Waals surface area contributed by atoms with Crippen LogP contribution in [-0.2, 0) is 0 Å². The summed E-state index contributed by atoms with van der Waals surface area (Å²) in [5.74, 6) is 0. The summed E-state index contributed by atoms with van der Waals surface area (Å²) in [5, 5.41) is 0.289. The predicted molar refractivity (Wildman–Crippen MR) is 28.6 cm³/mol. The van der Waals surface area contributed by atoms with Gasteiger partial charge in [-0.05, 0) is 24.5 Å². The van der Waals surface area contributed by atoms with Crippen LogP contribution in [-0.4, -0.2) is 4.37 Å². The van der Waals surface area contributed by atoms with Gasteiger partial charge in [0.15, 0.2) is 5.00 Å². The maximum absolute atomic E-state index is 8.61. The van der Waals surface area contributed by atoms with E-state index in [0.29, 0.717) is 0 Å². The van der Waals surface area contributed by atoms with Crippen molar-refractivity contribution in [3.8, 4) is 0 Å². The zero-order valence-electron chi connectivity index (χ0n) is 3.88. The van der Waals surface area contributed by atoms with Gasteiger partial charge in [0.1, 0.15) is 0 Å². The minimum absolute atomic E-state index is 0.289. The summed E-state index contributed by atoms with van der Waals surface area (Å²) >= 11 is 1.11. The monoisotopic (exact) mass is 112 g/mol. The molecule has 1 aromatic rings. The first-order valence-corrected chi connectivity index (χ1v) is 2.68. The van der Waals surface area contributed by atoms with Gasteiger partial charge >= 0.3 is 0 Å². The molecule has 0 saturated heterocycles. The van der Waals surface area contributed by atoms with E-state index >= 15 is 0 Å². The maximum atomic E-state index is 8.61. The Hall–Kier alpha value is -0.570. The Bertz CT molecular complexity index is 142. The van der Waals surface area contributed by atoms with Crippen molar-refractivity contribution in [2.75, 3.05) is 0 Å². The summed E-state index contributed by atoms with van der Waals surface area (Å²) < 4.78 is 3.81. The Morgan fingerprint density at radius 2 is 2.57 bits per heavy atom. The van der Waals surface area contributed by atoms with E-state index in [1.807, 2.05) is 6.92 Å². The van der Waals surface area contributed by atoms with E-state index in [1.165, 1.54) is 0 Å². The van der Waals surface area contributed by atoms with Gasteiger partial charge in [-0.25, -0.2) is 0 Å². The van der Waals surface area contributed by atoms with Crippen LogP contribution < -0.4 is 5.73 Å². The molecule has 0 aliphatic heterocycles. The number of hydrogen-bond acceptors (Lipinski definition) is 2. The highest BCUT2D eigenvalue weighted by atomic mass is 32.1. The standard InChI is InChI=1S/C4H4N2S/c1-3-2-4(5)7-6-3/h2H,1H3. The van der Waals surface area contributed by atoms with Crippen LogP contribution in [0.1, 0.15) is 5.69 Å². The molecule has 0 spiro atoms. The van der Waals surface area contributed by atoms with Gasteiger partial charge in [-0.1, -0.05) is 0 Å². The molecule has 2 nitrogen and oxygen atoms in total. The van der Waals surface area contributed by atoms with E-state index in [2.05, 4.69) is 4.37 Å². The van der Waals surface area contributed by atoms with Crippen molar-refractivity contribution < 1.29 is 0 Å². The Kier molecular flexibility index (Phi) is 0.982. The molecule has 1 rings (SSSR count). The van der Waals surface area contributed by atoms with Crippen molar-refractivity contribution >= 4 is 16.5 Å². The van der Waals surface area contributed by atoms with Crippen LogP contribution in [0.2, 0.25) is 0 Å². The molecule has 0 amide bonds. The molecule has 7 heavy (non-hydrogen) atoms. The molecule has 36 valence electrons. The lowest BCUT2D eigenvalue weighted by atomic mass is 10.5. The first-order chi connectivity index (χ1) is 3.29. The van der Waals surface area contributed by atoms with Gasteiger partial charge in [0.2, 0.25) is 0 Å². The first-order valence-electron chi connectivity index (χ1n) is 1.91. The Labute approximate surface area is 46.1 Å². The second-order valence-electron chi connectivity index (χ2n) is 1.31.